The molecule has 1 aromatic carbocycles. The topological polar surface area (TPSA) is 78.5 Å². The number of carboxylic acids is 1. The summed E-state index contributed by atoms with van der Waals surface area (Å²) < 4.78 is 5.57. The average molecular weight is 318 g/mol. The molecular formula is C18H24NO4-. The summed E-state index contributed by atoms with van der Waals surface area (Å²) in [5.41, 5.74) is 0.653. The van der Waals surface area contributed by atoms with Crippen LogP contribution in [-0.2, 0) is 9.59 Å². The summed E-state index contributed by atoms with van der Waals surface area (Å²) in [6, 6.07) is 7.16. The van der Waals surface area contributed by atoms with Crippen molar-refractivity contribution in [2.24, 2.45) is 11.8 Å². The van der Waals surface area contributed by atoms with Crippen LogP contribution >= 0.6 is 0 Å². The standard InChI is InChI=1S/C18H25NO4/c1-2-3-12-23-14-10-8-13(9-11-14)19-17(20)15-6-4-5-7-16(15)18(21)22/h8-11,15-16H,2-7,12H2,1H3,(H,19,20)(H,21,22)/p-1/t15-,16-/m0/s1. The zero-order valence-electron chi connectivity index (χ0n) is 13.5. The Labute approximate surface area is 137 Å². The molecule has 0 unspecified atom stereocenters. The van der Waals surface area contributed by atoms with Gasteiger partial charge in [0.25, 0.3) is 0 Å². The molecule has 0 bridgehead atoms. The van der Waals surface area contributed by atoms with Crippen LogP contribution in [-0.4, -0.2) is 18.5 Å². The van der Waals surface area contributed by atoms with Gasteiger partial charge < -0.3 is 20.0 Å². The number of amides is 1. The molecule has 0 heterocycles. The van der Waals surface area contributed by atoms with Gasteiger partial charge in [-0.3, -0.25) is 4.79 Å². The van der Waals surface area contributed by atoms with E-state index in [1.807, 2.05) is 12.1 Å². The second kappa shape index (κ2) is 8.56. The number of carbonyl (C=O) groups excluding carboxylic acids is 2. The van der Waals surface area contributed by atoms with Crippen molar-refractivity contribution in [1.29, 1.82) is 0 Å². The Hall–Kier alpha value is -2.04. The van der Waals surface area contributed by atoms with Gasteiger partial charge in [0.15, 0.2) is 0 Å². The van der Waals surface area contributed by atoms with Gasteiger partial charge in [0.05, 0.1) is 6.61 Å². The van der Waals surface area contributed by atoms with Gasteiger partial charge in [-0.25, -0.2) is 0 Å². The molecule has 2 rings (SSSR count). The van der Waals surface area contributed by atoms with Crippen LogP contribution in [0.5, 0.6) is 5.75 Å². The Morgan fingerprint density at radius 2 is 1.83 bits per heavy atom. The van der Waals surface area contributed by atoms with Crippen LogP contribution in [0.2, 0.25) is 0 Å². The van der Waals surface area contributed by atoms with Gasteiger partial charge in [-0.2, -0.15) is 0 Å². The zero-order valence-corrected chi connectivity index (χ0v) is 13.5. The van der Waals surface area contributed by atoms with E-state index in [2.05, 4.69) is 12.2 Å². The molecule has 0 saturated heterocycles. The third-order valence-electron chi connectivity index (χ3n) is 4.29. The molecule has 5 heteroatoms. The van der Waals surface area contributed by atoms with Gasteiger partial charge in [-0.15, -0.1) is 0 Å². The maximum absolute atomic E-state index is 12.3. The van der Waals surface area contributed by atoms with Crippen LogP contribution in [0.1, 0.15) is 45.4 Å². The summed E-state index contributed by atoms with van der Waals surface area (Å²) in [6.45, 7) is 2.78. The highest BCUT2D eigenvalue weighted by atomic mass is 16.5. The quantitative estimate of drug-likeness (QED) is 0.783. The van der Waals surface area contributed by atoms with Crippen molar-refractivity contribution in [3.63, 3.8) is 0 Å². The Bertz CT molecular complexity index is 526. The number of hydrogen-bond donors (Lipinski definition) is 1. The highest BCUT2D eigenvalue weighted by Crippen LogP contribution is 2.31. The summed E-state index contributed by atoms with van der Waals surface area (Å²) in [7, 11) is 0. The predicted octanol–water partition coefficient (Wildman–Crippen LogP) is 2.36. The van der Waals surface area contributed by atoms with E-state index in [4.69, 9.17) is 4.74 Å². The van der Waals surface area contributed by atoms with Crippen LogP contribution in [0.3, 0.4) is 0 Å². The van der Waals surface area contributed by atoms with E-state index in [0.717, 1.165) is 31.4 Å². The fraction of sp³-hybridized carbons (Fsp3) is 0.556. The number of carbonyl (C=O) groups is 2. The number of ether oxygens (including phenoxy) is 1. The molecule has 1 saturated carbocycles. The maximum Gasteiger partial charge on any atom is 0.228 e. The van der Waals surface area contributed by atoms with E-state index in [0.29, 0.717) is 25.1 Å². The second-order valence-electron chi connectivity index (χ2n) is 6.03. The first-order valence-electron chi connectivity index (χ1n) is 8.36. The molecule has 5 nitrogen and oxygen atoms in total. The van der Waals surface area contributed by atoms with Crippen molar-refractivity contribution in [1.82, 2.24) is 0 Å². The van der Waals surface area contributed by atoms with Gasteiger partial charge in [0, 0.05) is 23.5 Å². The zero-order chi connectivity index (χ0) is 16.7. The van der Waals surface area contributed by atoms with Gasteiger partial charge in [-0.1, -0.05) is 26.2 Å². The van der Waals surface area contributed by atoms with Crippen LogP contribution in [0.25, 0.3) is 0 Å². The first-order valence-corrected chi connectivity index (χ1v) is 8.36. The van der Waals surface area contributed by atoms with E-state index in [9.17, 15) is 14.7 Å². The molecule has 126 valence electrons. The van der Waals surface area contributed by atoms with E-state index in [-0.39, 0.29) is 5.91 Å². The lowest BCUT2D eigenvalue weighted by Crippen LogP contribution is -2.42. The fourth-order valence-corrected chi connectivity index (χ4v) is 2.93. The van der Waals surface area contributed by atoms with E-state index < -0.39 is 17.8 Å². The lowest BCUT2D eigenvalue weighted by Gasteiger charge is -2.31. The monoisotopic (exact) mass is 318 g/mol. The SMILES string of the molecule is CCCCOc1ccc(NC(=O)[C@H]2CCCC[C@@H]2C(=O)[O-])cc1. The summed E-state index contributed by atoms with van der Waals surface area (Å²) in [6.07, 6.45) is 4.92. The van der Waals surface area contributed by atoms with Crippen LogP contribution < -0.4 is 15.2 Å². The van der Waals surface area contributed by atoms with Crippen molar-refractivity contribution in [3.05, 3.63) is 24.3 Å². The van der Waals surface area contributed by atoms with Crippen molar-refractivity contribution in [2.75, 3.05) is 11.9 Å². The normalized spacial score (nSPS) is 20.7. The molecule has 1 N–H and O–H groups in total. The van der Waals surface area contributed by atoms with Gasteiger partial charge in [0.2, 0.25) is 5.91 Å². The van der Waals surface area contributed by atoms with Gasteiger partial charge in [0.1, 0.15) is 5.75 Å². The minimum absolute atomic E-state index is 0.237. The van der Waals surface area contributed by atoms with Crippen molar-refractivity contribution < 1.29 is 19.4 Å². The fourth-order valence-electron chi connectivity index (χ4n) is 2.93. The molecular weight excluding hydrogens is 294 g/mol. The number of hydrogen-bond acceptors (Lipinski definition) is 4. The van der Waals surface area contributed by atoms with Crippen LogP contribution in [0.4, 0.5) is 5.69 Å². The average Bonchev–Trinajstić information content (AvgIpc) is 2.56. The minimum Gasteiger partial charge on any atom is -0.550 e. The highest BCUT2D eigenvalue weighted by molar-refractivity contribution is 5.95. The molecule has 23 heavy (non-hydrogen) atoms. The summed E-state index contributed by atoms with van der Waals surface area (Å²) in [4.78, 5) is 23.5. The number of unbranched alkanes of at least 4 members (excludes halogenated alkanes) is 1. The first-order chi connectivity index (χ1) is 11.1. The lowest BCUT2D eigenvalue weighted by atomic mass is 9.78. The molecule has 0 spiro atoms. The van der Waals surface area contributed by atoms with Crippen LogP contribution in [0, 0.1) is 11.8 Å². The smallest absolute Gasteiger partial charge is 0.228 e. The van der Waals surface area contributed by atoms with Crippen molar-refractivity contribution in [3.8, 4) is 5.75 Å². The van der Waals surface area contributed by atoms with E-state index >= 15 is 0 Å². The third-order valence-corrected chi connectivity index (χ3v) is 4.29. The number of carboxylic acid groups (broad SMARTS) is 1. The summed E-state index contributed by atoms with van der Waals surface area (Å²) >= 11 is 0. The summed E-state index contributed by atoms with van der Waals surface area (Å²) in [5.74, 6) is -1.78. The lowest BCUT2D eigenvalue weighted by molar-refractivity contribution is -0.313. The molecule has 0 aromatic heterocycles. The summed E-state index contributed by atoms with van der Waals surface area (Å²) in [5, 5.41) is 14.0. The number of anilines is 1. The molecule has 0 radical (unpaired) electrons. The number of nitrogens with one attached hydrogen (secondary N) is 1. The largest absolute Gasteiger partial charge is 0.550 e. The number of aliphatic carboxylic acids is 1. The third kappa shape index (κ3) is 4.98. The maximum atomic E-state index is 12.3. The molecule has 1 aromatic rings. The Morgan fingerprint density at radius 3 is 2.43 bits per heavy atom. The molecule has 1 aliphatic carbocycles. The molecule has 2 atom stereocenters. The Kier molecular flexibility index (Phi) is 6.44. The Balaban J connectivity index is 1.92. The van der Waals surface area contributed by atoms with E-state index in [1.54, 1.807) is 12.1 Å². The molecule has 1 aliphatic rings. The minimum atomic E-state index is -1.12. The van der Waals surface area contributed by atoms with Gasteiger partial charge >= 0.3 is 0 Å². The number of benzene rings is 1. The highest BCUT2D eigenvalue weighted by Gasteiger charge is 2.31. The second-order valence-corrected chi connectivity index (χ2v) is 6.03. The predicted molar refractivity (Wildman–Crippen MR) is 85.9 cm³/mol. The molecule has 0 aliphatic heterocycles. The molecule has 1 amide bonds. The van der Waals surface area contributed by atoms with Crippen LogP contribution in [0.15, 0.2) is 24.3 Å². The Morgan fingerprint density at radius 1 is 1.17 bits per heavy atom. The van der Waals surface area contributed by atoms with Crippen molar-refractivity contribution in [2.45, 2.75) is 45.4 Å². The molecule has 1 fully saturated rings. The first kappa shape index (κ1) is 17.3. The van der Waals surface area contributed by atoms with Gasteiger partial charge in [-0.05, 0) is 43.5 Å². The van der Waals surface area contributed by atoms with Crippen molar-refractivity contribution >= 4 is 17.6 Å². The van der Waals surface area contributed by atoms with E-state index in [1.165, 1.54) is 0 Å². The number of rotatable bonds is 7.